The monoisotopic (exact) mass is 433 g/mol. The Balaban J connectivity index is 1.78. The van der Waals surface area contributed by atoms with Gasteiger partial charge in [-0.15, -0.1) is 0 Å². The molecular formula is C25H23NO4S. The van der Waals surface area contributed by atoms with Crippen molar-refractivity contribution in [3.05, 3.63) is 102 Å². The fourth-order valence-corrected chi connectivity index (χ4v) is 5.89. The number of benzene rings is 3. The van der Waals surface area contributed by atoms with Crippen LogP contribution in [0.4, 0.5) is 0 Å². The first-order valence-corrected chi connectivity index (χ1v) is 11.7. The third kappa shape index (κ3) is 4.16. The predicted octanol–water partition coefficient (Wildman–Crippen LogP) is 3.88. The highest BCUT2D eigenvalue weighted by Gasteiger charge is 2.49. The van der Waals surface area contributed by atoms with Crippen molar-refractivity contribution in [2.75, 3.05) is 0 Å². The van der Waals surface area contributed by atoms with Gasteiger partial charge < -0.3 is 0 Å². The molecule has 3 aromatic rings. The number of sulfone groups is 1. The molecule has 3 aromatic carbocycles. The summed E-state index contributed by atoms with van der Waals surface area (Å²) >= 11 is 0. The van der Waals surface area contributed by atoms with E-state index >= 15 is 0 Å². The summed E-state index contributed by atoms with van der Waals surface area (Å²) in [5.41, 5.74) is 2.37. The molecule has 1 aliphatic heterocycles. The van der Waals surface area contributed by atoms with Crippen molar-refractivity contribution in [1.29, 1.82) is 0 Å². The van der Waals surface area contributed by atoms with Gasteiger partial charge in [-0.1, -0.05) is 78.4 Å². The Morgan fingerprint density at radius 2 is 1.42 bits per heavy atom. The van der Waals surface area contributed by atoms with Crippen LogP contribution in [0.25, 0.3) is 0 Å². The molecule has 1 saturated heterocycles. The molecule has 0 spiro atoms. The Morgan fingerprint density at radius 1 is 0.839 bits per heavy atom. The molecule has 1 fully saturated rings. The van der Waals surface area contributed by atoms with Gasteiger partial charge in [-0.25, -0.2) is 8.42 Å². The average Bonchev–Trinajstić information content (AvgIpc) is 2.77. The average molecular weight is 434 g/mol. The molecule has 0 aliphatic carbocycles. The van der Waals surface area contributed by atoms with Crippen LogP contribution in [0.1, 0.15) is 29.0 Å². The minimum Gasteiger partial charge on any atom is -0.277 e. The molecule has 0 saturated carbocycles. The SMILES string of the molecule is Cc1ccc(S(=O)(=O)C2C(=O)N(Cc3ccccc3)C(=O)CC2c2ccccc2)cc1. The van der Waals surface area contributed by atoms with E-state index in [-0.39, 0.29) is 23.8 Å². The molecule has 0 N–H and O–H groups in total. The third-order valence-corrected chi connectivity index (χ3v) is 7.79. The second-order valence-corrected chi connectivity index (χ2v) is 9.87. The number of amides is 2. The summed E-state index contributed by atoms with van der Waals surface area (Å²) in [6.07, 6.45) is -0.0433. The van der Waals surface area contributed by atoms with Gasteiger partial charge in [0.1, 0.15) is 0 Å². The smallest absolute Gasteiger partial charge is 0.248 e. The van der Waals surface area contributed by atoms with E-state index in [2.05, 4.69) is 0 Å². The van der Waals surface area contributed by atoms with Crippen LogP contribution in [0, 0.1) is 6.92 Å². The van der Waals surface area contributed by atoms with Gasteiger partial charge in [-0.2, -0.15) is 0 Å². The zero-order valence-corrected chi connectivity index (χ0v) is 18.0. The van der Waals surface area contributed by atoms with Gasteiger partial charge in [0, 0.05) is 12.3 Å². The van der Waals surface area contributed by atoms with E-state index in [0.29, 0.717) is 5.56 Å². The van der Waals surface area contributed by atoms with E-state index < -0.39 is 26.9 Å². The number of carbonyl (C=O) groups is 2. The van der Waals surface area contributed by atoms with Crippen molar-refractivity contribution in [2.45, 2.75) is 36.0 Å². The topological polar surface area (TPSA) is 71.5 Å². The number of nitrogens with zero attached hydrogens (tertiary/aromatic N) is 1. The van der Waals surface area contributed by atoms with Gasteiger partial charge in [0.15, 0.2) is 15.1 Å². The van der Waals surface area contributed by atoms with Crippen LogP contribution < -0.4 is 0 Å². The van der Waals surface area contributed by atoms with Crippen molar-refractivity contribution in [3.8, 4) is 0 Å². The largest absolute Gasteiger partial charge is 0.277 e. The van der Waals surface area contributed by atoms with E-state index in [1.54, 1.807) is 36.4 Å². The molecule has 2 amide bonds. The predicted molar refractivity (Wildman–Crippen MR) is 118 cm³/mol. The van der Waals surface area contributed by atoms with Gasteiger partial charge in [0.05, 0.1) is 11.4 Å². The molecular weight excluding hydrogens is 410 g/mol. The summed E-state index contributed by atoms with van der Waals surface area (Å²) in [4.78, 5) is 27.7. The lowest BCUT2D eigenvalue weighted by Gasteiger charge is -2.36. The minimum absolute atomic E-state index is 0.0433. The normalized spacial score (nSPS) is 19.5. The van der Waals surface area contributed by atoms with Crippen LogP contribution in [0.15, 0.2) is 89.8 Å². The van der Waals surface area contributed by atoms with Crippen LogP contribution in [-0.2, 0) is 26.0 Å². The molecule has 2 unspecified atom stereocenters. The Hall–Kier alpha value is -3.25. The number of carbonyl (C=O) groups excluding carboxylic acids is 2. The summed E-state index contributed by atoms with van der Waals surface area (Å²) in [7, 11) is -4.02. The van der Waals surface area contributed by atoms with Crippen LogP contribution in [-0.4, -0.2) is 30.4 Å². The second-order valence-electron chi connectivity index (χ2n) is 7.80. The highest BCUT2D eigenvalue weighted by Crippen LogP contribution is 2.37. The maximum Gasteiger partial charge on any atom is 0.248 e. The fraction of sp³-hybridized carbons (Fsp3) is 0.200. The number of piperidine rings is 1. The van der Waals surface area contributed by atoms with E-state index in [9.17, 15) is 18.0 Å². The maximum atomic E-state index is 13.6. The number of imide groups is 1. The Bertz CT molecular complexity index is 1190. The fourth-order valence-electron chi connectivity index (χ4n) is 4.00. The molecule has 1 aliphatic rings. The first kappa shape index (κ1) is 21.0. The quantitative estimate of drug-likeness (QED) is 0.573. The molecule has 0 bridgehead atoms. The molecule has 6 heteroatoms. The first-order chi connectivity index (χ1) is 14.9. The molecule has 4 rings (SSSR count). The molecule has 0 radical (unpaired) electrons. The molecule has 5 nitrogen and oxygen atoms in total. The molecule has 2 atom stereocenters. The third-order valence-electron chi connectivity index (χ3n) is 5.67. The standard InChI is InChI=1S/C25H23NO4S/c1-18-12-14-21(15-13-18)31(29,30)24-22(20-10-6-3-7-11-20)16-23(27)26(25(24)28)17-19-8-4-2-5-9-19/h2-15,22,24H,16-17H2,1H3. The molecule has 158 valence electrons. The zero-order chi connectivity index (χ0) is 22.0. The lowest BCUT2D eigenvalue weighted by atomic mass is 9.88. The van der Waals surface area contributed by atoms with E-state index in [1.165, 1.54) is 12.1 Å². The van der Waals surface area contributed by atoms with Gasteiger partial charge in [-0.3, -0.25) is 14.5 Å². The van der Waals surface area contributed by atoms with Crippen LogP contribution in [0.3, 0.4) is 0 Å². The summed E-state index contributed by atoms with van der Waals surface area (Å²) in [5.74, 6) is -1.77. The lowest BCUT2D eigenvalue weighted by molar-refractivity contribution is -0.149. The van der Waals surface area contributed by atoms with Crippen LogP contribution in [0.5, 0.6) is 0 Å². The van der Waals surface area contributed by atoms with Crippen LogP contribution >= 0.6 is 0 Å². The number of hydrogen-bond donors (Lipinski definition) is 0. The Kier molecular flexibility index (Phi) is 5.74. The number of aryl methyl sites for hydroxylation is 1. The first-order valence-electron chi connectivity index (χ1n) is 10.1. The summed E-state index contributed by atoms with van der Waals surface area (Å²) in [6, 6.07) is 24.5. The van der Waals surface area contributed by atoms with Crippen molar-refractivity contribution in [2.24, 2.45) is 0 Å². The number of hydrogen-bond acceptors (Lipinski definition) is 4. The zero-order valence-electron chi connectivity index (χ0n) is 17.1. The van der Waals surface area contributed by atoms with Gasteiger partial charge in [-0.05, 0) is 30.2 Å². The van der Waals surface area contributed by atoms with E-state index in [4.69, 9.17) is 0 Å². The Morgan fingerprint density at radius 3 is 2.03 bits per heavy atom. The van der Waals surface area contributed by atoms with Gasteiger partial charge in [0.25, 0.3) is 0 Å². The Labute approximate surface area is 182 Å². The second kappa shape index (κ2) is 8.47. The van der Waals surface area contributed by atoms with Gasteiger partial charge >= 0.3 is 0 Å². The summed E-state index contributed by atoms with van der Waals surface area (Å²) < 4.78 is 27.3. The van der Waals surface area contributed by atoms with E-state index in [1.807, 2.05) is 43.3 Å². The summed E-state index contributed by atoms with van der Waals surface area (Å²) in [5, 5.41) is -1.36. The van der Waals surface area contributed by atoms with E-state index in [0.717, 1.165) is 16.0 Å². The van der Waals surface area contributed by atoms with Crippen molar-refractivity contribution >= 4 is 21.7 Å². The number of likely N-dealkylation sites (tertiary alicyclic amines) is 1. The lowest BCUT2D eigenvalue weighted by Crippen LogP contribution is -2.53. The highest BCUT2D eigenvalue weighted by atomic mass is 32.2. The van der Waals surface area contributed by atoms with Crippen molar-refractivity contribution < 1.29 is 18.0 Å². The number of rotatable bonds is 5. The highest BCUT2D eigenvalue weighted by molar-refractivity contribution is 7.92. The van der Waals surface area contributed by atoms with Crippen LogP contribution in [0.2, 0.25) is 0 Å². The summed E-state index contributed by atoms with van der Waals surface area (Å²) in [6.45, 7) is 1.93. The molecule has 1 heterocycles. The van der Waals surface area contributed by atoms with Crippen molar-refractivity contribution in [1.82, 2.24) is 4.90 Å². The van der Waals surface area contributed by atoms with Crippen molar-refractivity contribution in [3.63, 3.8) is 0 Å². The molecule has 0 aromatic heterocycles. The van der Waals surface area contributed by atoms with Gasteiger partial charge in [0.2, 0.25) is 11.8 Å². The minimum atomic E-state index is -4.02. The maximum absolute atomic E-state index is 13.6. The molecule has 31 heavy (non-hydrogen) atoms.